The van der Waals surface area contributed by atoms with Crippen molar-refractivity contribution in [3.8, 4) is 0 Å². The summed E-state index contributed by atoms with van der Waals surface area (Å²) in [4.78, 5) is 17.9. The van der Waals surface area contributed by atoms with Gasteiger partial charge in [-0.2, -0.15) is 13.2 Å². The van der Waals surface area contributed by atoms with Crippen LogP contribution in [0.15, 0.2) is 22.5 Å². The van der Waals surface area contributed by atoms with Crippen molar-refractivity contribution in [2.45, 2.75) is 25.1 Å². The third-order valence-electron chi connectivity index (χ3n) is 3.92. The highest BCUT2D eigenvalue weighted by atomic mass is 127. The number of aliphatic imine (C=N–C) groups is 1. The molecule has 1 aromatic heterocycles. The molecule has 6 nitrogen and oxygen atoms in total. The fraction of sp³-hybridized carbons (Fsp3) is 0.625. The molecule has 3 N–H and O–H groups in total. The van der Waals surface area contributed by atoms with Gasteiger partial charge in [0.1, 0.15) is 0 Å². The van der Waals surface area contributed by atoms with E-state index in [-0.39, 0.29) is 35.9 Å². The third kappa shape index (κ3) is 9.10. The van der Waals surface area contributed by atoms with Gasteiger partial charge in [-0.1, -0.05) is 6.07 Å². The van der Waals surface area contributed by atoms with Crippen LogP contribution in [-0.4, -0.2) is 68.8 Å². The van der Waals surface area contributed by atoms with Gasteiger partial charge in [-0.15, -0.1) is 35.3 Å². The Morgan fingerprint density at radius 2 is 2.11 bits per heavy atom. The molecule has 0 saturated carbocycles. The Balaban J connectivity index is 0.00000364. The molecule has 2 rings (SSSR count). The summed E-state index contributed by atoms with van der Waals surface area (Å²) in [5, 5.41) is 11.0. The number of carbonyl (C=O) groups excluding carboxylic acids is 1. The highest BCUT2D eigenvalue weighted by Crippen LogP contribution is 2.19. The zero-order chi connectivity index (χ0) is 19.0. The van der Waals surface area contributed by atoms with Gasteiger partial charge in [-0.05, 0) is 24.3 Å². The van der Waals surface area contributed by atoms with E-state index < -0.39 is 12.7 Å². The van der Waals surface area contributed by atoms with Crippen molar-refractivity contribution in [2.75, 3.05) is 39.8 Å². The molecule has 0 radical (unpaired) electrons. The molecule has 0 bridgehead atoms. The predicted molar refractivity (Wildman–Crippen MR) is 112 cm³/mol. The highest BCUT2D eigenvalue weighted by molar-refractivity contribution is 14.0. The van der Waals surface area contributed by atoms with E-state index in [1.165, 1.54) is 16.2 Å². The zero-order valence-corrected chi connectivity index (χ0v) is 18.2. The standard InChI is InChI=1S/C16H24F3N5OS.HI/c1-20-15(23-12-5-8-24(10-12)11-16(17,18)19)22-7-3-6-21-14(25)13-4-2-9-26-13;/h2,4,9,12H,3,5-8,10-11H2,1H3,(H,21,25)(H2,20,22,23);1H. The van der Waals surface area contributed by atoms with Gasteiger partial charge >= 0.3 is 6.18 Å². The first-order valence-electron chi connectivity index (χ1n) is 8.45. The lowest BCUT2D eigenvalue weighted by atomic mass is 10.3. The Hall–Kier alpha value is -1.08. The first-order chi connectivity index (χ1) is 12.4. The van der Waals surface area contributed by atoms with Crippen molar-refractivity contribution in [3.63, 3.8) is 0 Å². The summed E-state index contributed by atoms with van der Waals surface area (Å²) in [6.07, 6.45) is -2.81. The second-order valence-electron chi connectivity index (χ2n) is 6.07. The van der Waals surface area contributed by atoms with Gasteiger partial charge in [0.2, 0.25) is 0 Å². The Bertz CT molecular complexity index is 597. The van der Waals surface area contributed by atoms with Gasteiger partial charge in [-0.3, -0.25) is 14.7 Å². The minimum absolute atomic E-state index is 0. The number of likely N-dealkylation sites (tertiary alicyclic amines) is 1. The van der Waals surface area contributed by atoms with Crippen molar-refractivity contribution in [2.24, 2.45) is 4.99 Å². The molecule has 1 saturated heterocycles. The summed E-state index contributed by atoms with van der Waals surface area (Å²) in [6, 6.07) is 3.55. The number of carbonyl (C=O) groups is 1. The maximum absolute atomic E-state index is 12.4. The molecule has 2 heterocycles. The normalized spacial score (nSPS) is 18.1. The number of hydrogen-bond acceptors (Lipinski definition) is 4. The molecule has 0 aliphatic carbocycles. The topological polar surface area (TPSA) is 68.8 Å². The van der Waals surface area contributed by atoms with E-state index in [1.807, 2.05) is 11.4 Å². The highest BCUT2D eigenvalue weighted by Gasteiger charge is 2.34. The third-order valence-corrected chi connectivity index (χ3v) is 4.78. The molecule has 11 heteroatoms. The summed E-state index contributed by atoms with van der Waals surface area (Å²) >= 11 is 1.39. The van der Waals surface area contributed by atoms with E-state index in [9.17, 15) is 18.0 Å². The minimum Gasteiger partial charge on any atom is -0.356 e. The molecule has 154 valence electrons. The van der Waals surface area contributed by atoms with E-state index >= 15 is 0 Å². The fourth-order valence-electron chi connectivity index (χ4n) is 2.73. The minimum atomic E-state index is -4.16. The van der Waals surface area contributed by atoms with E-state index in [4.69, 9.17) is 0 Å². The molecule has 1 aromatic rings. The van der Waals surface area contributed by atoms with Gasteiger partial charge in [-0.25, -0.2) is 0 Å². The zero-order valence-electron chi connectivity index (χ0n) is 15.0. The molecule has 0 aromatic carbocycles. The number of amides is 1. The van der Waals surface area contributed by atoms with Crippen LogP contribution in [-0.2, 0) is 0 Å². The van der Waals surface area contributed by atoms with Gasteiger partial charge in [0, 0.05) is 39.3 Å². The van der Waals surface area contributed by atoms with Crippen LogP contribution in [0.5, 0.6) is 0 Å². The number of hydrogen-bond donors (Lipinski definition) is 3. The van der Waals surface area contributed by atoms with Crippen LogP contribution in [0.2, 0.25) is 0 Å². The smallest absolute Gasteiger partial charge is 0.356 e. The lowest BCUT2D eigenvalue weighted by Gasteiger charge is -2.19. The number of nitrogens with zero attached hydrogens (tertiary/aromatic N) is 2. The molecule has 1 amide bonds. The summed E-state index contributed by atoms with van der Waals surface area (Å²) in [6.45, 7) is 1.02. The first kappa shape index (κ1) is 24.0. The van der Waals surface area contributed by atoms with Crippen molar-refractivity contribution in [3.05, 3.63) is 22.4 Å². The molecular formula is C16H25F3IN5OS. The predicted octanol–water partition coefficient (Wildman–Crippen LogP) is 2.29. The first-order valence-corrected chi connectivity index (χ1v) is 9.33. The number of halogens is 4. The van der Waals surface area contributed by atoms with Crippen molar-refractivity contribution in [1.82, 2.24) is 20.9 Å². The summed E-state index contributed by atoms with van der Waals surface area (Å²) < 4.78 is 37.3. The number of guanidine groups is 1. The summed E-state index contributed by atoms with van der Waals surface area (Å²) in [5.41, 5.74) is 0. The average molecular weight is 519 g/mol. The Morgan fingerprint density at radius 3 is 2.74 bits per heavy atom. The largest absolute Gasteiger partial charge is 0.401 e. The van der Waals surface area contributed by atoms with E-state index in [0.29, 0.717) is 49.9 Å². The van der Waals surface area contributed by atoms with Crippen LogP contribution in [0.3, 0.4) is 0 Å². The maximum atomic E-state index is 12.4. The molecule has 27 heavy (non-hydrogen) atoms. The van der Waals surface area contributed by atoms with Crippen LogP contribution in [0, 0.1) is 0 Å². The van der Waals surface area contributed by atoms with Crippen LogP contribution in [0.25, 0.3) is 0 Å². The molecule has 1 unspecified atom stereocenters. The molecule has 1 aliphatic rings. The average Bonchev–Trinajstić information content (AvgIpc) is 3.23. The Morgan fingerprint density at radius 1 is 1.37 bits per heavy atom. The quantitative estimate of drug-likeness (QED) is 0.224. The summed E-state index contributed by atoms with van der Waals surface area (Å²) in [7, 11) is 1.62. The van der Waals surface area contributed by atoms with Crippen LogP contribution in [0.1, 0.15) is 22.5 Å². The summed E-state index contributed by atoms with van der Waals surface area (Å²) in [5.74, 6) is 0.478. The van der Waals surface area contributed by atoms with Crippen molar-refractivity contribution < 1.29 is 18.0 Å². The number of alkyl halides is 3. The lowest BCUT2D eigenvalue weighted by molar-refractivity contribution is -0.143. The second-order valence-corrected chi connectivity index (χ2v) is 7.01. The van der Waals surface area contributed by atoms with Gasteiger partial charge in [0.25, 0.3) is 5.91 Å². The monoisotopic (exact) mass is 519 g/mol. The maximum Gasteiger partial charge on any atom is 0.401 e. The molecule has 0 spiro atoms. The van der Waals surface area contributed by atoms with Gasteiger partial charge < -0.3 is 16.0 Å². The molecule has 1 fully saturated rings. The lowest BCUT2D eigenvalue weighted by Crippen LogP contribution is -2.45. The van der Waals surface area contributed by atoms with E-state index in [1.54, 1.807) is 13.1 Å². The van der Waals surface area contributed by atoms with Crippen molar-refractivity contribution >= 4 is 47.2 Å². The number of nitrogens with one attached hydrogen (secondary N) is 3. The SMILES string of the molecule is CN=C(NCCCNC(=O)c1cccs1)NC1CCN(CC(F)(F)F)C1.I. The Labute approximate surface area is 178 Å². The van der Waals surface area contributed by atoms with Crippen molar-refractivity contribution in [1.29, 1.82) is 0 Å². The number of rotatable bonds is 7. The van der Waals surface area contributed by atoms with Gasteiger partial charge in [0.05, 0.1) is 11.4 Å². The molecular weight excluding hydrogens is 494 g/mol. The van der Waals surface area contributed by atoms with Crippen LogP contribution >= 0.6 is 35.3 Å². The molecule has 1 atom stereocenters. The fourth-order valence-corrected chi connectivity index (χ4v) is 3.37. The van der Waals surface area contributed by atoms with Crippen LogP contribution < -0.4 is 16.0 Å². The van der Waals surface area contributed by atoms with Gasteiger partial charge in [0.15, 0.2) is 5.96 Å². The van der Waals surface area contributed by atoms with E-state index in [0.717, 1.165) is 0 Å². The van der Waals surface area contributed by atoms with E-state index in [2.05, 4.69) is 20.9 Å². The molecule has 1 aliphatic heterocycles. The Kier molecular flexibility index (Phi) is 10.4. The van der Waals surface area contributed by atoms with Crippen LogP contribution in [0.4, 0.5) is 13.2 Å². The second kappa shape index (κ2) is 11.7. The number of thiophene rings is 1.